The highest BCUT2D eigenvalue weighted by molar-refractivity contribution is 5.95. The average molecular weight is 332 g/mol. The molecule has 1 rings (SSSR count). The van der Waals surface area contributed by atoms with Gasteiger partial charge in [-0.25, -0.2) is 0 Å². The molecule has 0 fully saturated rings. The van der Waals surface area contributed by atoms with Gasteiger partial charge in [0.1, 0.15) is 0 Å². The molecule has 1 aromatic rings. The molecule has 1 unspecified atom stereocenters. The summed E-state index contributed by atoms with van der Waals surface area (Å²) in [6.07, 6.45) is 9.24. The number of carbonyl (C=O) groups excluding carboxylic acids is 2. The number of carbonyl (C=O) groups is 2. The van der Waals surface area contributed by atoms with E-state index in [0.717, 1.165) is 18.4 Å². The van der Waals surface area contributed by atoms with Crippen molar-refractivity contribution in [2.75, 3.05) is 7.11 Å². The van der Waals surface area contributed by atoms with E-state index < -0.39 is 0 Å². The summed E-state index contributed by atoms with van der Waals surface area (Å²) >= 11 is 0. The summed E-state index contributed by atoms with van der Waals surface area (Å²) in [6, 6.07) is 8.11. The molecule has 0 amide bonds. The van der Waals surface area contributed by atoms with Gasteiger partial charge in [-0.15, -0.1) is 0 Å². The van der Waals surface area contributed by atoms with E-state index in [4.69, 9.17) is 0 Å². The number of hydrogen-bond acceptors (Lipinski definition) is 3. The van der Waals surface area contributed by atoms with Gasteiger partial charge >= 0.3 is 5.97 Å². The van der Waals surface area contributed by atoms with Crippen LogP contribution in [0, 0.1) is 0 Å². The predicted octanol–water partition coefficient (Wildman–Crippen LogP) is 5.68. The van der Waals surface area contributed by atoms with Gasteiger partial charge in [0.15, 0.2) is 5.78 Å². The zero-order chi connectivity index (χ0) is 17.8. The predicted molar refractivity (Wildman–Crippen MR) is 98.4 cm³/mol. The van der Waals surface area contributed by atoms with E-state index in [-0.39, 0.29) is 11.8 Å². The lowest BCUT2D eigenvalue weighted by molar-refractivity contribution is -0.140. The van der Waals surface area contributed by atoms with Crippen LogP contribution in [0.2, 0.25) is 0 Å². The highest BCUT2D eigenvalue weighted by Gasteiger charge is 2.07. The van der Waals surface area contributed by atoms with Crippen LogP contribution in [0.3, 0.4) is 0 Å². The second-order valence-corrected chi connectivity index (χ2v) is 6.54. The van der Waals surface area contributed by atoms with Gasteiger partial charge < -0.3 is 4.74 Å². The Kier molecular flexibility index (Phi) is 10.1. The third-order valence-corrected chi connectivity index (χ3v) is 4.62. The lowest BCUT2D eigenvalue weighted by Crippen LogP contribution is -1.99. The first kappa shape index (κ1) is 20.4. The van der Waals surface area contributed by atoms with Crippen molar-refractivity contribution >= 4 is 11.8 Å². The maximum Gasteiger partial charge on any atom is 0.305 e. The molecule has 0 spiro atoms. The number of hydrogen-bond donors (Lipinski definition) is 0. The van der Waals surface area contributed by atoms with Crippen molar-refractivity contribution in [1.82, 2.24) is 0 Å². The fraction of sp³-hybridized carbons (Fsp3) is 0.619. The number of methoxy groups -OCH3 is 1. The van der Waals surface area contributed by atoms with Crippen LogP contribution >= 0.6 is 0 Å². The second kappa shape index (κ2) is 11.8. The maximum absolute atomic E-state index is 11.6. The van der Waals surface area contributed by atoms with Crippen molar-refractivity contribution in [1.29, 1.82) is 0 Å². The van der Waals surface area contributed by atoms with Gasteiger partial charge in [0.05, 0.1) is 7.11 Å². The number of esters is 1. The fourth-order valence-electron chi connectivity index (χ4n) is 2.90. The van der Waals surface area contributed by atoms with Gasteiger partial charge in [-0.05, 0) is 24.3 Å². The van der Waals surface area contributed by atoms with Crippen LogP contribution in [-0.2, 0) is 9.53 Å². The standard InChI is InChI=1S/C21H32O3/c1-4-20(22)19-15-13-18(14-16-19)17(2)11-9-7-5-6-8-10-12-21(23)24-3/h13-17H,4-12H2,1-3H3. The molecule has 1 atom stereocenters. The first-order valence-corrected chi connectivity index (χ1v) is 9.28. The van der Waals surface area contributed by atoms with Crippen LogP contribution < -0.4 is 0 Å². The Morgan fingerprint density at radius 2 is 1.54 bits per heavy atom. The molecule has 0 saturated heterocycles. The Labute approximate surface area is 146 Å². The monoisotopic (exact) mass is 332 g/mol. The van der Waals surface area contributed by atoms with Gasteiger partial charge in [0.25, 0.3) is 0 Å². The van der Waals surface area contributed by atoms with Gasteiger partial charge in [-0.3, -0.25) is 9.59 Å². The number of unbranched alkanes of at least 4 members (excludes halogenated alkanes) is 5. The molecule has 0 N–H and O–H groups in total. The summed E-state index contributed by atoms with van der Waals surface area (Å²) in [5, 5.41) is 0. The highest BCUT2D eigenvalue weighted by Crippen LogP contribution is 2.23. The minimum atomic E-state index is -0.101. The van der Waals surface area contributed by atoms with Crippen molar-refractivity contribution in [3.05, 3.63) is 35.4 Å². The Morgan fingerprint density at radius 3 is 2.12 bits per heavy atom. The number of ether oxygens (including phenoxy) is 1. The zero-order valence-electron chi connectivity index (χ0n) is 15.5. The molecule has 3 heteroatoms. The van der Waals surface area contributed by atoms with Crippen molar-refractivity contribution in [2.45, 2.75) is 77.6 Å². The molecule has 0 radical (unpaired) electrons. The van der Waals surface area contributed by atoms with Gasteiger partial charge in [-0.2, -0.15) is 0 Å². The summed E-state index contributed by atoms with van der Waals surface area (Å²) in [5.41, 5.74) is 2.14. The summed E-state index contributed by atoms with van der Waals surface area (Å²) in [6.45, 7) is 4.15. The molecular formula is C21H32O3. The van der Waals surface area contributed by atoms with Gasteiger partial charge in [0.2, 0.25) is 0 Å². The molecule has 0 heterocycles. The number of rotatable bonds is 12. The SMILES string of the molecule is CCC(=O)c1ccc(C(C)CCCCCCCCC(=O)OC)cc1. The second-order valence-electron chi connectivity index (χ2n) is 6.54. The van der Waals surface area contributed by atoms with Gasteiger partial charge in [0, 0.05) is 18.4 Å². The van der Waals surface area contributed by atoms with Crippen molar-refractivity contribution in [2.24, 2.45) is 0 Å². The van der Waals surface area contributed by atoms with Gasteiger partial charge in [-0.1, -0.05) is 70.2 Å². The van der Waals surface area contributed by atoms with E-state index in [0.29, 0.717) is 18.8 Å². The molecule has 0 saturated carbocycles. The number of benzene rings is 1. The topological polar surface area (TPSA) is 43.4 Å². The smallest absolute Gasteiger partial charge is 0.305 e. The minimum Gasteiger partial charge on any atom is -0.469 e. The summed E-state index contributed by atoms with van der Waals surface area (Å²) in [4.78, 5) is 22.6. The minimum absolute atomic E-state index is 0.101. The van der Waals surface area contributed by atoms with Crippen molar-refractivity contribution in [3.63, 3.8) is 0 Å². The van der Waals surface area contributed by atoms with E-state index in [1.807, 2.05) is 19.1 Å². The van der Waals surface area contributed by atoms with E-state index in [1.54, 1.807) is 0 Å². The fourth-order valence-corrected chi connectivity index (χ4v) is 2.90. The van der Waals surface area contributed by atoms with Crippen LogP contribution in [-0.4, -0.2) is 18.9 Å². The summed E-state index contributed by atoms with van der Waals surface area (Å²) in [7, 11) is 1.44. The van der Waals surface area contributed by atoms with E-state index in [1.165, 1.54) is 44.8 Å². The quantitative estimate of drug-likeness (QED) is 0.281. The van der Waals surface area contributed by atoms with E-state index in [9.17, 15) is 9.59 Å². The average Bonchev–Trinajstić information content (AvgIpc) is 2.62. The van der Waals surface area contributed by atoms with Crippen LogP contribution in [0.15, 0.2) is 24.3 Å². The molecular weight excluding hydrogens is 300 g/mol. The molecule has 0 bridgehead atoms. The van der Waals surface area contributed by atoms with Crippen LogP contribution in [0.5, 0.6) is 0 Å². The largest absolute Gasteiger partial charge is 0.469 e. The molecule has 0 aromatic heterocycles. The Hall–Kier alpha value is -1.64. The van der Waals surface area contributed by atoms with E-state index in [2.05, 4.69) is 23.8 Å². The zero-order valence-corrected chi connectivity index (χ0v) is 15.5. The van der Waals surface area contributed by atoms with Crippen molar-refractivity contribution in [3.8, 4) is 0 Å². The summed E-state index contributed by atoms with van der Waals surface area (Å²) < 4.78 is 4.63. The third-order valence-electron chi connectivity index (χ3n) is 4.62. The highest BCUT2D eigenvalue weighted by atomic mass is 16.5. The first-order chi connectivity index (χ1) is 11.6. The number of ketones is 1. The molecule has 0 aliphatic rings. The van der Waals surface area contributed by atoms with E-state index >= 15 is 0 Å². The maximum atomic E-state index is 11.6. The third kappa shape index (κ3) is 7.76. The van der Waals surface area contributed by atoms with Crippen LogP contribution in [0.4, 0.5) is 0 Å². The summed E-state index contributed by atoms with van der Waals surface area (Å²) in [5.74, 6) is 0.645. The normalized spacial score (nSPS) is 12.0. The molecule has 1 aromatic carbocycles. The molecule has 0 aliphatic heterocycles. The number of Topliss-reactive ketones (excluding diaryl/α,β-unsaturated/α-hetero) is 1. The lowest BCUT2D eigenvalue weighted by atomic mass is 9.93. The Balaban J connectivity index is 2.14. The van der Waals surface area contributed by atoms with Crippen molar-refractivity contribution < 1.29 is 14.3 Å². The Morgan fingerprint density at radius 1 is 0.958 bits per heavy atom. The van der Waals surface area contributed by atoms with Crippen LogP contribution in [0.1, 0.15) is 93.5 Å². The lowest BCUT2D eigenvalue weighted by Gasteiger charge is -2.12. The first-order valence-electron chi connectivity index (χ1n) is 9.28. The van der Waals surface area contributed by atoms with Crippen LogP contribution in [0.25, 0.3) is 0 Å². The Bertz CT molecular complexity index is 490. The molecule has 3 nitrogen and oxygen atoms in total. The molecule has 0 aliphatic carbocycles. The molecule has 24 heavy (non-hydrogen) atoms. The molecule has 134 valence electrons.